The lowest BCUT2D eigenvalue weighted by atomic mass is 9.81. The van der Waals surface area contributed by atoms with Gasteiger partial charge in [0.05, 0.1) is 11.3 Å². The Labute approximate surface area is 187 Å². The highest BCUT2D eigenvalue weighted by Crippen LogP contribution is 2.43. The van der Waals surface area contributed by atoms with Gasteiger partial charge in [-0.3, -0.25) is 4.98 Å². The summed E-state index contributed by atoms with van der Waals surface area (Å²) in [5.41, 5.74) is 5.51. The van der Waals surface area contributed by atoms with Gasteiger partial charge in [-0.05, 0) is 71.4 Å². The molecule has 1 aromatic heterocycles. The van der Waals surface area contributed by atoms with Crippen LogP contribution in [0.5, 0.6) is 0 Å². The fourth-order valence-corrected chi connectivity index (χ4v) is 4.64. The smallest absolute Gasteiger partial charge is 0.337 e. The van der Waals surface area contributed by atoms with Crippen LogP contribution >= 0.6 is 0 Å². The Kier molecular flexibility index (Phi) is 6.82. The van der Waals surface area contributed by atoms with Crippen molar-refractivity contribution in [1.82, 2.24) is 10.3 Å². The van der Waals surface area contributed by atoms with Crippen LogP contribution in [-0.2, 0) is 9.53 Å². The number of carboxylic acids is 1. The summed E-state index contributed by atoms with van der Waals surface area (Å²) in [6.07, 6.45) is 4.23. The van der Waals surface area contributed by atoms with Crippen molar-refractivity contribution in [2.45, 2.75) is 79.4 Å². The Morgan fingerprint density at radius 2 is 1.87 bits per heavy atom. The third-order valence-corrected chi connectivity index (χ3v) is 6.36. The molecule has 1 unspecified atom stereocenters. The van der Waals surface area contributed by atoms with E-state index in [0.29, 0.717) is 11.0 Å². The van der Waals surface area contributed by atoms with Gasteiger partial charge in [-0.1, -0.05) is 19.9 Å². The van der Waals surface area contributed by atoms with Gasteiger partial charge in [-0.2, -0.15) is 0 Å². The number of aromatic nitrogens is 1. The molecule has 6 nitrogen and oxygen atoms in total. The summed E-state index contributed by atoms with van der Waals surface area (Å²) in [5.74, 6) is -0.965. The second-order valence-corrected chi connectivity index (χ2v) is 10.7. The predicted molar refractivity (Wildman–Crippen MR) is 126 cm³/mol. The molecule has 0 radical (unpaired) electrons. The molecule has 6 heteroatoms. The Balaban J connectivity index is 2.23. The van der Waals surface area contributed by atoms with Crippen LogP contribution in [-0.4, -0.2) is 47.8 Å². The number of rotatable bonds is 5. The van der Waals surface area contributed by atoms with Crippen LogP contribution in [0.4, 0.5) is 5.69 Å². The molecule has 1 aromatic rings. The molecule has 0 amide bonds. The number of nitrogens with one attached hydrogen (secondary N) is 1. The summed E-state index contributed by atoms with van der Waals surface area (Å²) in [5, 5.41) is 13.6. The zero-order valence-corrected chi connectivity index (χ0v) is 20.3. The fourth-order valence-electron chi connectivity index (χ4n) is 4.64. The molecule has 1 atom stereocenters. The molecule has 0 spiro atoms. The summed E-state index contributed by atoms with van der Waals surface area (Å²) < 4.78 is 6.12. The van der Waals surface area contributed by atoms with E-state index < -0.39 is 17.7 Å². The monoisotopic (exact) mass is 429 g/mol. The van der Waals surface area contributed by atoms with Crippen molar-refractivity contribution in [2.24, 2.45) is 5.41 Å². The van der Waals surface area contributed by atoms with Crippen molar-refractivity contribution < 1.29 is 14.6 Å². The molecule has 0 saturated carbocycles. The van der Waals surface area contributed by atoms with E-state index in [1.165, 1.54) is 5.57 Å². The molecule has 1 saturated heterocycles. The normalized spacial score (nSPS) is 20.4. The van der Waals surface area contributed by atoms with E-state index in [1.807, 2.05) is 34.6 Å². The minimum atomic E-state index is -1.06. The van der Waals surface area contributed by atoms with Gasteiger partial charge in [-0.25, -0.2) is 4.79 Å². The van der Waals surface area contributed by atoms with E-state index >= 15 is 0 Å². The third-order valence-electron chi connectivity index (χ3n) is 6.36. The van der Waals surface area contributed by atoms with Crippen molar-refractivity contribution in [3.8, 4) is 0 Å². The zero-order valence-electron chi connectivity index (χ0n) is 20.3. The number of anilines is 1. The lowest BCUT2D eigenvalue weighted by molar-refractivity contribution is -0.160. The lowest BCUT2D eigenvalue weighted by Gasteiger charge is -2.41. The molecule has 31 heavy (non-hydrogen) atoms. The first-order valence-corrected chi connectivity index (χ1v) is 11.5. The van der Waals surface area contributed by atoms with Crippen LogP contribution in [0.1, 0.15) is 82.5 Å². The molecule has 0 bridgehead atoms. The Morgan fingerprint density at radius 3 is 2.39 bits per heavy atom. The number of ether oxygens (including phenoxy) is 1. The summed E-state index contributed by atoms with van der Waals surface area (Å²) in [4.78, 5) is 19.7. The van der Waals surface area contributed by atoms with Gasteiger partial charge < -0.3 is 20.1 Å². The minimum absolute atomic E-state index is 0.302. The highest BCUT2D eigenvalue weighted by Gasteiger charge is 2.36. The van der Waals surface area contributed by atoms with E-state index in [0.717, 1.165) is 68.1 Å². The summed E-state index contributed by atoms with van der Waals surface area (Å²) >= 11 is 0. The van der Waals surface area contributed by atoms with E-state index in [-0.39, 0.29) is 0 Å². The average molecular weight is 430 g/mol. The Morgan fingerprint density at radius 1 is 1.23 bits per heavy atom. The van der Waals surface area contributed by atoms with E-state index in [9.17, 15) is 9.90 Å². The maximum absolute atomic E-state index is 12.4. The molecule has 3 rings (SSSR count). The Hall–Kier alpha value is -1.92. The van der Waals surface area contributed by atoms with Crippen LogP contribution < -0.4 is 10.2 Å². The number of carbonyl (C=O) groups is 1. The zero-order chi connectivity index (χ0) is 23.0. The summed E-state index contributed by atoms with van der Waals surface area (Å²) in [6.45, 7) is 17.9. The van der Waals surface area contributed by atoms with Crippen molar-refractivity contribution >= 4 is 17.2 Å². The van der Waals surface area contributed by atoms with Crippen LogP contribution in [0, 0.1) is 19.3 Å². The van der Waals surface area contributed by atoms with Crippen LogP contribution in [0.2, 0.25) is 0 Å². The van der Waals surface area contributed by atoms with Gasteiger partial charge in [-0.15, -0.1) is 0 Å². The van der Waals surface area contributed by atoms with Gasteiger partial charge in [0.1, 0.15) is 0 Å². The number of carboxylic acid groups (broad SMARTS) is 1. The number of hydrogen-bond acceptors (Lipinski definition) is 5. The fraction of sp³-hybridized carbons (Fsp3) is 0.680. The number of nitrogens with zero attached hydrogens (tertiary/aromatic N) is 2. The van der Waals surface area contributed by atoms with Crippen molar-refractivity contribution in [1.29, 1.82) is 0 Å². The van der Waals surface area contributed by atoms with Gasteiger partial charge in [0.25, 0.3) is 0 Å². The van der Waals surface area contributed by atoms with Crippen LogP contribution in [0.25, 0.3) is 5.57 Å². The number of pyridine rings is 1. The largest absolute Gasteiger partial charge is 0.479 e. The highest BCUT2D eigenvalue weighted by atomic mass is 16.5. The molecule has 2 N–H and O–H groups in total. The van der Waals surface area contributed by atoms with Gasteiger partial charge in [0.15, 0.2) is 6.10 Å². The number of aryl methyl sites for hydroxylation is 2. The average Bonchev–Trinajstić information content (AvgIpc) is 2.66. The first kappa shape index (κ1) is 23.7. The first-order chi connectivity index (χ1) is 14.4. The van der Waals surface area contributed by atoms with Crippen molar-refractivity contribution in [2.75, 3.05) is 31.1 Å². The summed E-state index contributed by atoms with van der Waals surface area (Å²) in [6, 6.07) is 0. The van der Waals surface area contributed by atoms with Crippen LogP contribution in [0.15, 0.2) is 6.08 Å². The lowest BCUT2D eigenvalue weighted by Crippen LogP contribution is -2.40. The molecule has 2 aliphatic rings. The maximum atomic E-state index is 12.4. The molecule has 1 fully saturated rings. The van der Waals surface area contributed by atoms with Gasteiger partial charge >= 0.3 is 5.97 Å². The Bertz CT molecular complexity index is 858. The summed E-state index contributed by atoms with van der Waals surface area (Å²) in [7, 11) is 0. The number of piperidine rings is 1. The molecule has 0 aromatic carbocycles. The topological polar surface area (TPSA) is 74.7 Å². The van der Waals surface area contributed by atoms with E-state index in [4.69, 9.17) is 9.72 Å². The first-order valence-electron chi connectivity index (χ1n) is 11.5. The van der Waals surface area contributed by atoms with Crippen LogP contribution in [0.3, 0.4) is 0 Å². The molecular weight excluding hydrogens is 390 g/mol. The van der Waals surface area contributed by atoms with Crippen molar-refractivity contribution in [3.63, 3.8) is 0 Å². The van der Waals surface area contributed by atoms with Crippen molar-refractivity contribution in [3.05, 3.63) is 28.6 Å². The molecule has 0 aliphatic carbocycles. The van der Waals surface area contributed by atoms with E-state index in [2.05, 4.69) is 30.1 Å². The quantitative estimate of drug-likeness (QED) is 0.710. The second kappa shape index (κ2) is 8.91. The number of aliphatic carboxylic acids is 1. The predicted octanol–water partition coefficient (Wildman–Crippen LogP) is 4.64. The van der Waals surface area contributed by atoms with E-state index in [1.54, 1.807) is 0 Å². The maximum Gasteiger partial charge on any atom is 0.337 e. The van der Waals surface area contributed by atoms with Gasteiger partial charge in [0, 0.05) is 42.1 Å². The molecular formula is C25H39N3O3. The van der Waals surface area contributed by atoms with Gasteiger partial charge in [0.2, 0.25) is 0 Å². The standard InChI is InChI=1S/C25H39N3O3/c1-16-19(18-8-12-26-13-9-18)21(28-14-10-25(6,7)11-15-28)20(17(2)27-16)22(23(29)30)31-24(3,4)5/h8,22,26H,9-15H2,1-7H3,(H,29,30). The third kappa shape index (κ3) is 5.47. The minimum Gasteiger partial charge on any atom is -0.479 e. The number of hydrogen-bond donors (Lipinski definition) is 2. The SMILES string of the molecule is Cc1nc(C)c(C(OC(C)(C)C)C(=O)O)c(N2CCC(C)(C)CC2)c1C1=CCNCC1. The molecule has 172 valence electrons. The highest BCUT2D eigenvalue weighted by molar-refractivity contribution is 5.86. The second-order valence-electron chi connectivity index (χ2n) is 10.7. The molecule has 3 heterocycles. The molecule has 2 aliphatic heterocycles.